The molecule has 0 saturated heterocycles. The topological polar surface area (TPSA) is 69.6 Å². The largest absolute Gasteiger partial charge is 0.481 e. The number of nitrogens with one attached hydrogen (secondary N) is 1. The van der Waals surface area contributed by atoms with E-state index in [1.165, 1.54) is 0 Å². The van der Waals surface area contributed by atoms with E-state index in [4.69, 9.17) is 5.11 Å². The van der Waals surface area contributed by atoms with Gasteiger partial charge in [-0.1, -0.05) is 13.8 Å². The number of carbonyl (C=O) groups is 2. The third-order valence-electron chi connectivity index (χ3n) is 3.32. The predicted molar refractivity (Wildman–Crippen MR) is 76.2 cm³/mol. The first-order valence-electron chi connectivity index (χ1n) is 6.96. The van der Waals surface area contributed by atoms with Gasteiger partial charge in [0.1, 0.15) is 0 Å². The van der Waals surface area contributed by atoms with Gasteiger partial charge < -0.3 is 15.3 Å². The molecular formula is C14H28N2O3. The molecule has 2 amide bonds. The fourth-order valence-corrected chi connectivity index (χ4v) is 1.92. The van der Waals surface area contributed by atoms with Gasteiger partial charge in [0.25, 0.3) is 0 Å². The quantitative estimate of drug-likeness (QED) is 0.713. The van der Waals surface area contributed by atoms with Crippen molar-refractivity contribution in [2.24, 2.45) is 5.41 Å². The van der Waals surface area contributed by atoms with Crippen molar-refractivity contribution in [2.75, 3.05) is 13.1 Å². The lowest BCUT2D eigenvalue weighted by atomic mass is 9.84. The van der Waals surface area contributed by atoms with Crippen LogP contribution in [0, 0.1) is 5.41 Å². The van der Waals surface area contributed by atoms with Crippen molar-refractivity contribution in [1.82, 2.24) is 10.2 Å². The first-order chi connectivity index (χ1) is 8.69. The van der Waals surface area contributed by atoms with E-state index in [9.17, 15) is 9.59 Å². The van der Waals surface area contributed by atoms with Crippen molar-refractivity contribution in [3.8, 4) is 0 Å². The molecule has 5 heteroatoms. The van der Waals surface area contributed by atoms with Gasteiger partial charge in [-0.05, 0) is 39.0 Å². The molecular weight excluding hydrogens is 244 g/mol. The molecule has 0 rings (SSSR count). The molecule has 0 radical (unpaired) electrons. The average Bonchev–Trinajstić information content (AvgIpc) is 2.26. The second-order valence-electron chi connectivity index (χ2n) is 5.92. The highest BCUT2D eigenvalue weighted by molar-refractivity contribution is 5.74. The summed E-state index contributed by atoms with van der Waals surface area (Å²) in [5.41, 5.74) is -0.0689. The summed E-state index contributed by atoms with van der Waals surface area (Å²) in [6.07, 6.45) is 1.58. The van der Waals surface area contributed by atoms with Crippen LogP contribution in [-0.4, -0.2) is 41.1 Å². The van der Waals surface area contributed by atoms with Crippen molar-refractivity contribution in [2.45, 2.75) is 59.9 Å². The van der Waals surface area contributed by atoms with E-state index in [2.05, 4.69) is 5.32 Å². The summed E-state index contributed by atoms with van der Waals surface area (Å²) >= 11 is 0. The van der Waals surface area contributed by atoms with Gasteiger partial charge in [0.05, 0.1) is 0 Å². The maximum absolute atomic E-state index is 11.9. The van der Waals surface area contributed by atoms with Crippen molar-refractivity contribution >= 4 is 12.0 Å². The molecule has 19 heavy (non-hydrogen) atoms. The fraction of sp³-hybridized carbons (Fsp3) is 0.857. The normalized spacial score (nSPS) is 11.5. The zero-order valence-electron chi connectivity index (χ0n) is 12.8. The highest BCUT2D eigenvalue weighted by atomic mass is 16.4. The summed E-state index contributed by atoms with van der Waals surface area (Å²) in [5.74, 6) is -0.769. The monoisotopic (exact) mass is 272 g/mol. The Morgan fingerprint density at radius 1 is 1.26 bits per heavy atom. The molecule has 0 unspecified atom stereocenters. The Balaban J connectivity index is 4.07. The third kappa shape index (κ3) is 7.70. The van der Waals surface area contributed by atoms with Crippen molar-refractivity contribution in [3.05, 3.63) is 0 Å². The summed E-state index contributed by atoms with van der Waals surface area (Å²) in [6, 6.07) is 0.136. The summed E-state index contributed by atoms with van der Waals surface area (Å²) in [7, 11) is 0. The molecule has 0 bridgehead atoms. The van der Waals surface area contributed by atoms with E-state index in [1.54, 1.807) is 4.90 Å². The lowest BCUT2D eigenvalue weighted by Crippen LogP contribution is -2.44. The minimum atomic E-state index is -0.769. The number of urea groups is 1. The van der Waals surface area contributed by atoms with E-state index in [0.29, 0.717) is 19.5 Å². The van der Waals surface area contributed by atoms with E-state index < -0.39 is 5.97 Å². The molecule has 0 atom stereocenters. The minimum Gasteiger partial charge on any atom is -0.481 e. The molecule has 2 N–H and O–H groups in total. The Labute approximate surface area is 116 Å². The van der Waals surface area contributed by atoms with Crippen LogP contribution in [0.1, 0.15) is 53.9 Å². The van der Waals surface area contributed by atoms with E-state index in [-0.39, 0.29) is 23.9 Å². The highest BCUT2D eigenvalue weighted by Gasteiger charge is 2.20. The zero-order chi connectivity index (χ0) is 15.1. The number of aliphatic carboxylic acids is 1. The second-order valence-corrected chi connectivity index (χ2v) is 5.92. The number of carboxylic acids is 1. The number of hydrogen-bond acceptors (Lipinski definition) is 2. The number of carbonyl (C=O) groups excluding carboxylic acids is 1. The van der Waals surface area contributed by atoms with Crippen LogP contribution in [0.4, 0.5) is 4.79 Å². The van der Waals surface area contributed by atoms with Gasteiger partial charge in [-0.15, -0.1) is 0 Å². The smallest absolute Gasteiger partial charge is 0.317 e. The maximum Gasteiger partial charge on any atom is 0.317 e. The summed E-state index contributed by atoms with van der Waals surface area (Å²) in [5, 5.41) is 11.6. The molecule has 0 aliphatic carbocycles. The first kappa shape index (κ1) is 17.7. The second kappa shape index (κ2) is 8.02. The minimum absolute atomic E-state index is 0.0495. The van der Waals surface area contributed by atoms with Crippen LogP contribution in [0.5, 0.6) is 0 Å². The molecule has 0 heterocycles. The molecule has 0 spiro atoms. The molecule has 0 aromatic heterocycles. The van der Waals surface area contributed by atoms with Crippen LogP contribution >= 0.6 is 0 Å². The van der Waals surface area contributed by atoms with E-state index >= 15 is 0 Å². The van der Waals surface area contributed by atoms with Crippen molar-refractivity contribution < 1.29 is 14.7 Å². The molecule has 0 saturated carbocycles. The van der Waals surface area contributed by atoms with Gasteiger partial charge in [-0.25, -0.2) is 4.79 Å². The zero-order valence-corrected chi connectivity index (χ0v) is 12.8. The van der Waals surface area contributed by atoms with Gasteiger partial charge in [0, 0.05) is 25.6 Å². The molecule has 0 aromatic rings. The van der Waals surface area contributed by atoms with E-state index in [0.717, 1.165) is 6.42 Å². The number of carboxylic acid groups (broad SMARTS) is 1. The number of hydrogen-bond donors (Lipinski definition) is 2. The SMILES string of the molecule is CCN(C(=O)NCCC(C)(C)CCC(=O)O)C(C)C. The Hall–Kier alpha value is -1.26. The van der Waals surface area contributed by atoms with Crippen LogP contribution in [-0.2, 0) is 4.79 Å². The van der Waals surface area contributed by atoms with Crippen LogP contribution in [0.2, 0.25) is 0 Å². The lowest BCUT2D eigenvalue weighted by Gasteiger charge is -2.27. The molecule has 5 nitrogen and oxygen atoms in total. The number of amides is 2. The Kier molecular flexibility index (Phi) is 7.49. The Morgan fingerprint density at radius 3 is 2.26 bits per heavy atom. The molecule has 0 aliphatic heterocycles. The van der Waals surface area contributed by atoms with Crippen LogP contribution in [0.3, 0.4) is 0 Å². The first-order valence-corrected chi connectivity index (χ1v) is 6.96. The van der Waals surface area contributed by atoms with Crippen LogP contribution in [0.25, 0.3) is 0 Å². The lowest BCUT2D eigenvalue weighted by molar-refractivity contribution is -0.137. The van der Waals surface area contributed by atoms with Gasteiger partial charge in [0.2, 0.25) is 0 Å². The van der Waals surface area contributed by atoms with Crippen LogP contribution < -0.4 is 5.32 Å². The molecule has 0 aromatic carbocycles. The van der Waals surface area contributed by atoms with Gasteiger partial charge in [-0.3, -0.25) is 4.79 Å². The fourth-order valence-electron chi connectivity index (χ4n) is 1.92. The Bertz CT molecular complexity index is 301. The maximum atomic E-state index is 11.9. The Morgan fingerprint density at radius 2 is 1.84 bits per heavy atom. The highest BCUT2D eigenvalue weighted by Crippen LogP contribution is 2.25. The summed E-state index contributed by atoms with van der Waals surface area (Å²) < 4.78 is 0. The molecule has 0 aliphatic rings. The van der Waals surface area contributed by atoms with Gasteiger partial charge >= 0.3 is 12.0 Å². The summed E-state index contributed by atoms with van der Waals surface area (Å²) in [4.78, 5) is 24.2. The number of nitrogens with zero attached hydrogens (tertiary/aromatic N) is 1. The van der Waals surface area contributed by atoms with Crippen molar-refractivity contribution in [3.63, 3.8) is 0 Å². The molecule has 0 fully saturated rings. The molecule has 112 valence electrons. The standard InChI is InChI=1S/C14H28N2O3/c1-6-16(11(2)3)13(19)15-10-9-14(4,5)8-7-12(17)18/h11H,6-10H2,1-5H3,(H,15,19)(H,17,18). The average molecular weight is 272 g/mol. The summed E-state index contributed by atoms with van der Waals surface area (Å²) in [6.45, 7) is 11.3. The third-order valence-corrected chi connectivity index (χ3v) is 3.32. The van der Waals surface area contributed by atoms with E-state index in [1.807, 2.05) is 34.6 Å². The predicted octanol–water partition coefficient (Wildman–Crippen LogP) is 2.71. The van der Waals surface area contributed by atoms with Crippen LogP contribution in [0.15, 0.2) is 0 Å². The van der Waals surface area contributed by atoms with Crippen molar-refractivity contribution in [1.29, 1.82) is 0 Å². The number of rotatable bonds is 8. The van der Waals surface area contributed by atoms with Gasteiger partial charge in [-0.2, -0.15) is 0 Å². The van der Waals surface area contributed by atoms with Gasteiger partial charge in [0.15, 0.2) is 0 Å².